The highest BCUT2D eigenvalue weighted by molar-refractivity contribution is 6.34. The summed E-state index contributed by atoms with van der Waals surface area (Å²) in [6.07, 6.45) is 5.90. The van der Waals surface area contributed by atoms with E-state index >= 15 is 0 Å². The third-order valence-electron chi connectivity index (χ3n) is 5.76. The van der Waals surface area contributed by atoms with Crippen LogP contribution in [0.4, 0.5) is 17.2 Å². The van der Waals surface area contributed by atoms with E-state index in [4.69, 9.17) is 0 Å². The molecular weight excluding hydrogens is 382 g/mol. The van der Waals surface area contributed by atoms with E-state index in [2.05, 4.69) is 77.8 Å². The Morgan fingerprint density at radius 3 is 2.45 bits per heavy atom. The van der Waals surface area contributed by atoms with Crippen molar-refractivity contribution in [3.05, 3.63) is 102 Å². The summed E-state index contributed by atoms with van der Waals surface area (Å²) in [5, 5.41) is 0. The Morgan fingerprint density at radius 1 is 1.03 bits per heavy atom. The summed E-state index contributed by atoms with van der Waals surface area (Å²) in [4.78, 5) is 22.6. The Balaban J connectivity index is 1.97. The van der Waals surface area contributed by atoms with Crippen molar-refractivity contribution in [2.24, 2.45) is 4.99 Å². The van der Waals surface area contributed by atoms with E-state index in [1.807, 2.05) is 37.4 Å². The molecule has 0 radical (unpaired) electrons. The molecule has 31 heavy (non-hydrogen) atoms. The summed E-state index contributed by atoms with van der Waals surface area (Å²) in [7, 11) is 0. The van der Waals surface area contributed by atoms with Gasteiger partial charge in [-0.25, -0.2) is 9.98 Å². The highest BCUT2D eigenvalue weighted by Gasteiger charge is 2.37. The van der Waals surface area contributed by atoms with E-state index < -0.39 is 0 Å². The predicted molar refractivity (Wildman–Crippen MR) is 128 cm³/mol. The average Bonchev–Trinajstić information content (AvgIpc) is 2.80. The molecular formula is C27H25N3O. The fraction of sp³-hybridized carbons (Fsp3) is 0.148. The van der Waals surface area contributed by atoms with Gasteiger partial charge in [-0.15, -0.1) is 0 Å². The highest BCUT2D eigenvalue weighted by Crippen LogP contribution is 2.51. The Bertz CT molecular complexity index is 1200. The molecule has 2 aromatic carbocycles. The van der Waals surface area contributed by atoms with Crippen LogP contribution in [0.25, 0.3) is 5.70 Å². The first-order valence-corrected chi connectivity index (χ1v) is 10.3. The van der Waals surface area contributed by atoms with Gasteiger partial charge in [-0.05, 0) is 48.4 Å². The Morgan fingerprint density at radius 2 is 1.77 bits per heavy atom. The molecule has 4 heteroatoms. The van der Waals surface area contributed by atoms with Crippen LogP contribution < -0.4 is 4.90 Å². The van der Waals surface area contributed by atoms with Crippen molar-refractivity contribution in [1.82, 2.24) is 4.98 Å². The number of aromatic nitrogens is 1. The van der Waals surface area contributed by atoms with Crippen molar-refractivity contribution in [2.75, 3.05) is 4.90 Å². The number of pyridine rings is 1. The Labute approximate surface area is 183 Å². The van der Waals surface area contributed by atoms with Crippen LogP contribution in [-0.4, -0.2) is 17.0 Å². The summed E-state index contributed by atoms with van der Waals surface area (Å²) in [5.74, 6) is 0.856. The van der Waals surface area contributed by atoms with Crippen molar-refractivity contribution >= 4 is 34.9 Å². The summed E-state index contributed by atoms with van der Waals surface area (Å²) >= 11 is 0. The quantitative estimate of drug-likeness (QED) is 0.364. The molecule has 0 N–H and O–H groups in total. The monoisotopic (exact) mass is 407 g/mol. The van der Waals surface area contributed by atoms with E-state index in [-0.39, 0.29) is 5.41 Å². The van der Waals surface area contributed by atoms with Crippen LogP contribution in [-0.2, 0) is 10.2 Å². The van der Waals surface area contributed by atoms with Crippen molar-refractivity contribution < 1.29 is 4.79 Å². The fourth-order valence-electron chi connectivity index (χ4n) is 4.16. The molecule has 0 unspecified atom stereocenters. The maximum absolute atomic E-state index is 11.3. The standard InChI is InChI=1S/C27H25N3O/c1-5-20(18-31)29-23(6-2)19-14-15-22-25(17-19)30(26-13-9-10-16-28-26)24-12-8-7-11-21(24)27(22,3)4/h5-18H,1H2,2-4H3/b23-6-,29-20?. The summed E-state index contributed by atoms with van der Waals surface area (Å²) in [6, 6.07) is 20.7. The second-order valence-corrected chi connectivity index (χ2v) is 7.93. The van der Waals surface area contributed by atoms with E-state index in [0.717, 1.165) is 28.5 Å². The molecule has 1 aromatic heterocycles. The summed E-state index contributed by atoms with van der Waals surface area (Å²) in [6.45, 7) is 10.1. The van der Waals surface area contributed by atoms with Crippen LogP contribution in [0.15, 0.2) is 90.6 Å². The number of hydrogen-bond acceptors (Lipinski definition) is 4. The summed E-state index contributed by atoms with van der Waals surface area (Å²) in [5.41, 5.74) is 6.41. The van der Waals surface area contributed by atoms with Crippen molar-refractivity contribution in [3.63, 3.8) is 0 Å². The predicted octanol–water partition coefficient (Wildman–Crippen LogP) is 6.38. The number of nitrogens with zero attached hydrogens (tertiary/aromatic N) is 3. The topological polar surface area (TPSA) is 45.6 Å². The molecule has 0 amide bonds. The molecule has 3 aromatic rings. The number of carbonyl (C=O) groups excluding carboxylic acids is 1. The van der Waals surface area contributed by atoms with E-state index in [9.17, 15) is 4.79 Å². The van der Waals surface area contributed by atoms with Crippen LogP contribution in [0, 0.1) is 0 Å². The third-order valence-corrected chi connectivity index (χ3v) is 5.76. The molecule has 0 saturated carbocycles. The van der Waals surface area contributed by atoms with E-state index in [1.54, 1.807) is 0 Å². The second kappa shape index (κ2) is 8.15. The first-order chi connectivity index (χ1) is 15.0. The van der Waals surface area contributed by atoms with Gasteiger partial charge in [0.1, 0.15) is 11.5 Å². The first-order valence-electron chi connectivity index (χ1n) is 10.3. The Hall–Kier alpha value is -3.79. The molecule has 0 fully saturated rings. The van der Waals surface area contributed by atoms with Gasteiger partial charge in [-0.1, -0.05) is 62.9 Å². The lowest BCUT2D eigenvalue weighted by molar-refractivity contribution is -0.102. The smallest absolute Gasteiger partial charge is 0.168 e. The van der Waals surface area contributed by atoms with Gasteiger partial charge in [0.2, 0.25) is 0 Å². The van der Waals surface area contributed by atoms with Crippen molar-refractivity contribution in [3.8, 4) is 0 Å². The van der Waals surface area contributed by atoms with Crippen molar-refractivity contribution in [2.45, 2.75) is 26.2 Å². The molecule has 2 heterocycles. The number of aliphatic imine (C=N–C) groups is 1. The Kier molecular flexibility index (Phi) is 5.38. The number of fused-ring (bicyclic) bond motifs is 2. The number of allylic oxidation sites excluding steroid dienone is 2. The largest absolute Gasteiger partial charge is 0.296 e. The lowest BCUT2D eigenvalue weighted by Gasteiger charge is -2.41. The number of para-hydroxylation sites is 1. The lowest BCUT2D eigenvalue weighted by Crippen LogP contribution is -2.31. The molecule has 0 atom stereocenters. The van der Waals surface area contributed by atoms with Crippen molar-refractivity contribution in [1.29, 1.82) is 0 Å². The minimum atomic E-state index is -0.176. The minimum Gasteiger partial charge on any atom is -0.296 e. The maximum Gasteiger partial charge on any atom is 0.168 e. The lowest BCUT2D eigenvalue weighted by atomic mass is 9.73. The molecule has 0 saturated heterocycles. The molecule has 4 nitrogen and oxygen atoms in total. The van der Waals surface area contributed by atoms with Gasteiger partial charge in [0.25, 0.3) is 0 Å². The van der Waals surface area contributed by atoms with Crippen LogP contribution in [0.3, 0.4) is 0 Å². The molecule has 0 aliphatic carbocycles. The summed E-state index contributed by atoms with van der Waals surface area (Å²) < 4.78 is 0. The zero-order valence-electron chi connectivity index (χ0n) is 18.0. The fourth-order valence-corrected chi connectivity index (χ4v) is 4.16. The number of carbonyl (C=O) groups is 1. The van der Waals surface area contributed by atoms with Crippen LogP contribution >= 0.6 is 0 Å². The minimum absolute atomic E-state index is 0.176. The molecule has 0 bridgehead atoms. The second-order valence-electron chi connectivity index (χ2n) is 7.93. The van der Waals surface area contributed by atoms with Crippen LogP contribution in [0.1, 0.15) is 37.5 Å². The van der Waals surface area contributed by atoms with E-state index in [1.165, 1.54) is 17.2 Å². The molecule has 154 valence electrons. The van der Waals surface area contributed by atoms with Gasteiger partial charge in [0.15, 0.2) is 6.29 Å². The number of aldehydes is 1. The van der Waals surface area contributed by atoms with Gasteiger partial charge in [-0.2, -0.15) is 0 Å². The van der Waals surface area contributed by atoms with Gasteiger partial charge in [-0.3, -0.25) is 9.69 Å². The third kappa shape index (κ3) is 3.50. The first kappa shape index (κ1) is 20.5. The number of anilines is 3. The van der Waals surface area contributed by atoms with Gasteiger partial charge in [0, 0.05) is 17.2 Å². The zero-order valence-corrected chi connectivity index (χ0v) is 18.0. The van der Waals surface area contributed by atoms with Crippen LogP contribution in [0.2, 0.25) is 0 Å². The molecule has 0 spiro atoms. The van der Waals surface area contributed by atoms with E-state index in [0.29, 0.717) is 12.0 Å². The normalized spacial score (nSPS) is 15.1. The van der Waals surface area contributed by atoms with Gasteiger partial charge < -0.3 is 0 Å². The number of benzene rings is 2. The SMILES string of the molecule is C=CC(C=O)=N/C(=C\C)c1ccc2c(c1)N(c1ccccn1)c1ccccc1C2(C)C. The number of hydrogen-bond donors (Lipinski definition) is 0. The average molecular weight is 408 g/mol. The maximum atomic E-state index is 11.3. The number of rotatable bonds is 5. The van der Waals surface area contributed by atoms with Gasteiger partial charge in [0.05, 0.1) is 17.1 Å². The van der Waals surface area contributed by atoms with Gasteiger partial charge >= 0.3 is 0 Å². The highest BCUT2D eigenvalue weighted by atomic mass is 16.1. The molecule has 1 aliphatic heterocycles. The molecule has 1 aliphatic rings. The van der Waals surface area contributed by atoms with Crippen LogP contribution in [0.5, 0.6) is 0 Å². The zero-order chi connectivity index (χ0) is 22.0. The molecule has 4 rings (SSSR count).